The summed E-state index contributed by atoms with van der Waals surface area (Å²) in [6.07, 6.45) is 3.89. The summed E-state index contributed by atoms with van der Waals surface area (Å²) in [4.78, 5) is 14.7. The molecule has 0 spiro atoms. The van der Waals surface area contributed by atoms with Gasteiger partial charge in [0.05, 0.1) is 0 Å². The number of nitrogens with one attached hydrogen (secondary N) is 1. The number of benzene rings is 2. The molecule has 1 aliphatic heterocycles. The van der Waals surface area contributed by atoms with Gasteiger partial charge in [-0.1, -0.05) is 36.5 Å². The van der Waals surface area contributed by atoms with Gasteiger partial charge in [-0.3, -0.25) is 10.2 Å². The monoisotopic (exact) mass is 359 g/mol. The van der Waals surface area contributed by atoms with Gasteiger partial charge in [-0.05, 0) is 49.2 Å². The summed E-state index contributed by atoms with van der Waals surface area (Å²) in [5.74, 6) is 6.41. The summed E-state index contributed by atoms with van der Waals surface area (Å²) in [6.45, 7) is 3.33. The van der Waals surface area contributed by atoms with Crippen molar-refractivity contribution in [3.8, 4) is 11.8 Å². The van der Waals surface area contributed by atoms with Gasteiger partial charge in [0, 0.05) is 48.9 Å². The van der Waals surface area contributed by atoms with Crippen LogP contribution in [0.3, 0.4) is 0 Å². The Morgan fingerprint density at radius 1 is 0.852 bits per heavy atom. The first-order chi connectivity index (χ1) is 13.3. The Kier molecular flexibility index (Phi) is 5.53. The lowest BCUT2D eigenvalue weighted by atomic mass is 9.94. The number of hydrazine groups is 1. The summed E-state index contributed by atoms with van der Waals surface area (Å²) in [5.41, 5.74) is 6.22. The molecule has 27 heavy (non-hydrogen) atoms. The van der Waals surface area contributed by atoms with Crippen LogP contribution < -0.4 is 5.43 Å². The van der Waals surface area contributed by atoms with Crippen molar-refractivity contribution in [2.45, 2.75) is 25.3 Å². The minimum atomic E-state index is 0.112. The molecule has 4 heteroatoms. The minimum absolute atomic E-state index is 0.112. The summed E-state index contributed by atoms with van der Waals surface area (Å²) in [5, 5.41) is 2.27. The Balaban J connectivity index is 1.32. The van der Waals surface area contributed by atoms with Gasteiger partial charge in [0.15, 0.2) is 0 Å². The molecule has 4 nitrogen and oxygen atoms in total. The van der Waals surface area contributed by atoms with Gasteiger partial charge in [0.2, 0.25) is 0 Å². The molecule has 0 atom stereocenters. The highest BCUT2D eigenvalue weighted by Gasteiger charge is 2.25. The van der Waals surface area contributed by atoms with Crippen LogP contribution in [0.4, 0.5) is 0 Å². The highest BCUT2D eigenvalue weighted by Crippen LogP contribution is 2.19. The van der Waals surface area contributed by atoms with Crippen LogP contribution in [0.1, 0.15) is 40.7 Å². The number of carbonyl (C=O) groups excluding carboxylic acids is 1. The molecule has 4 rings (SSSR count). The highest BCUT2D eigenvalue weighted by atomic mass is 16.2. The first-order valence-corrected chi connectivity index (χ1v) is 9.75. The van der Waals surface area contributed by atoms with Crippen LogP contribution in [0.15, 0.2) is 54.6 Å². The molecule has 1 heterocycles. The van der Waals surface area contributed by atoms with Crippen LogP contribution in [0.25, 0.3) is 0 Å². The van der Waals surface area contributed by atoms with E-state index >= 15 is 0 Å². The average molecular weight is 359 g/mol. The van der Waals surface area contributed by atoms with Crippen molar-refractivity contribution in [2.75, 3.05) is 26.2 Å². The zero-order valence-corrected chi connectivity index (χ0v) is 15.5. The van der Waals surface area contributed by atoms with Gasteiger partial charge in [-0.25, -0.2) is 5.01 Å². The summed E-state index contributed by atoms with van der Waals surface area (Å²) in [6, 6.07) is 18.2. The van der Waals surface area contributed by atoms with E-state index in [0.29, 0.717) is 6.04 Å². The number of piperazine rings is 1. The Morgan fingerprint density at radius 2 is 1.48 bits per heavy atom. The molecular formula is C23H25N3O. The van der Waals surface area contributed by atoms with Gasteiger partial charge in [-0.15, -0.1) is 0 Å². The Hall–Kier alpha value is -2.61. The number of rotatable bonds is 3. The van der Waals surface area contributed by atoms with E-state index in [1.807, 2.05) is 59.5 Å². The third kappa shape index (κ3) is 4.57. The molecule has 2 fully saturated rings. The van der Waals surface area contributed by atoms with E-state index in [2.05, 4.69) is 22.3 Å². The molecule has 138 valence electrons. The highest BCUT2D eigenvalue weighted by molar-refractivity contribution is 5.94. The molecule has 1 saturated heterocycles. The van der Waals surface area contributed by atoms with Gasteiger partial charge >= 0.3 is 0 Å². The molecule has 2 aromatic carbocycles. The lowest BCUT2D eigenvalue weighted by molar-refractivity contribution is 0.0442. The first kappa shape index (κ1) is 17.8. The molecule has 2 aliphatic rings. The largest absolute Gasteiger partial charge is 0.336 e. The predicted octanol–water partition coefficient (Wildman–Crippen LogP) is 2.90. The van der Waals surface area contributed by atoms with E-state index in [1.165, 1.54) is 19.3 Å². The van der Waals surface area contributed by atoms with Crippen LogP contribution in [0.5, 0.6) is 0 Å². The fraction of sp³-hybridized carbons (Fsp3) is 0.348. The summed E-state index contributed by atoms with van der Waals surface area (Å²) >= 11 is 0. The van der Waals surface area contributed by atoms with E-state index in [1.54, 1.807) is 0 Å². The maximum Gasteiger partial charge on any atom is 0.253 e. The van der Waals surface area contributed by atoms with Crippen molar-refractivity contribution in [3.63, 3.8) is 0 Å². The fourth-order valence-electron chi connectivity index (χ4n) is 3.38. The zero-order valence-electron chi connectivity index (χ0n) is 15.5. The smallest absolute Gasteiger partial charge is 0.253 e. The molecule has 1 N–H and O–H groups in total. The van der Waals surface area contributed by atoms with Crippen molar-refractivity contribution in [3.05, 3.63) is 71.3 Å². The first-order valence-electron chi connectivity index (χ1n) is 9.75. The van der Waals surface area contributed by atoms with Crippen LogP contribution >= 0.6 is 0 Å². The normalized spacial score (nSPS) is 17.7. The van der Waals surface area contributed by atoms with Gasteiger partial charge in [0.1, 0.15) is 0 Å². The van der Waals surface area contributed by atoms with E-state index < -0.39 is 0 Å². The summed E-state index contributed by atoms with van der Waals surface area (Å²) < 4.78 is 0. The van der Waals surface area contributed by atoms with Gasteiger partial charge in [-0.2, -0.15) is 0 Å². The molecule has 2 aromatic rings. The fourth-order valence-corrected chi connectivity index (χ4v) is 3.38. The molecule has 0 radical (unpaired) electrons. The van der Waals surface area contributed by atoms with Crippen molar-refractivity contribution >= 4 is 5.91 Å². The van der Waals surface area contributed by atoms with Gasteiger partial charge < -0.3 is 4.90 Å². The Labute approximate surface area is 161 Å². The van der Waals surface area contributed by atoms with E-state index in [-0.39, 0.29) is 5.91 Å². The maximum atomic E-state index is 12.7. The number of hydrogen-bond acceptors (Lipinski definition) is 3. The SMILES string of the molecule is O=C(c1ccc(C#Cc2ccccc2)cc1)N1CCN(NC2CCC2)CC1. The molecule has 1 saturated carbocycles. The second-order valence-corrected chi connectivity index (χ2v) is 7.23. The third-order valence-corrected chi connectivity index (χ3v) is 5.29. The van der Waals surface area contributed by atoms with E-state index in [9.17, 15) is 4.79 Å². The van der Waals surface area contributed by atoms with Crippen molar-refractivity contribution in [1.82, 2.24) is 15.3 Å². The predicted molar refractivity (Wildman–Crippen MR) is 107 cm³/mol. The third-order valence-electron chi connectivity index (χ3n) is 5.29. The average Bonchev–Trinajstić information content (AvgIpc) is 2.70. The quantitative estimate of drug-likeness (QED) is 0.856. The number of carbonyl (C=O) groups is 1. The lowest BCUT2D eigenvalue weighted by Crippen LogP contribution is -2.56. The van der Waals surface area contributed by atoms with Crippen LogP contribution in [-0.2, 0) is 0 Å². The Morgan fingerprint density at radius 3 is 2.07 bits per heavy atom. The van der Waals surface area contributed by atoms with Crippen LogP contribution in [0.2, 0.25) is 0 Å². The van der Waals surface area contributed by atoms with E-state index in [0.717, 1.165) is 42.9 Å². The zero-order chi connectivity index (χ0) is 18.5. The van der Waals surface area contributed by atoms with Crippen LogP contribution in [0, 0.1) is 11.8 Å². The number of amides is 1. The van der Waals surface area contributed by atoms with Crippen molar-refractivity contribution in [1.29, 1.82) is 0 Å². The number of hydrogen-bond donors (Lipinski definition) is 1. The molecule has 1 aliphatic carbocycles. The lowest BCUT2D eigenvalue weighted by Gasteiger charge is -2.39. The van der Waals surface area contributed by atoms with Crippen molar-refractivity contribution < 1.29 is 4.79 Å². The number of nitrogens with zero attached hydrogens (tertiary/aromatic N) is 2. The molecule has 0 aromatic heterocycles. The van der Waals surface area contributed by atoms with Crippen LogP contribution in [-0.4, -0.2) is 48.0 Å². The minimum Gasteiger partial charge on any atom is -0.336 e. The molecule has 0 unspecified atom stereocenters. The molecule has 0 bridgehead atoms. The van der Waals surface area contributed by atoms with E-state index in [4.69, 9.17) is 0 Å². The van der Waals surface area contributed by atoms with Gasteiger partial charge in [0.25, 0.3) is 5.91 Å². The topological polar surface area (TPSA) is 35.6 Å². The Bertz CT molecular complexity index is 823. The second-order valence-electron chi connectivity index (χ2n) is 7.23. The molecular weight excluding hydrogens is 334 g/mol. The standard InChI is InChI=1S/C23H25N3O/c27-23(25-15-17-26(18-16-25)24-22-7-4-8-22)21-13-11-20(12-14-21)10-9-19-5-2-1-3-6-19/h1-3,5-6,11-14,22,24H,4,7-8,15-18H2. The second kappa shape index (κ2) is 8.39. The summed E-state index contributed by atoms with van der Waals surface area (Å²) in [7, 11) is 0. The molecule has 1 amide bonds. The van der Waals surface area contributed by atoms with Crippen molar-refractivity contribution in [2.24, 2.45) is 0 Å². The maximum absolute atomic E-state index is 12.7.